The molecule has 0 radical (unpaired) electrons. The van der Waals surface area contributed by atoms with E-state index in [1.165, 1.54) is 0 Å². The van der Waals surface area contributed by atoms with Gasteiger partial charge in [-0.3, -0.25) is 10.2 Å². The lowest BCUT2D eigenvalue weighted by molar-refractivity contribution is -0.121. The van der Waals surface area contributed by atoms with Crippen LogP contribution in [-0.2, 0) is 11.3 Å². The first-order valence-electron chi connectivity index (χ1n) is 7.63. The second kappa shape index (κ2) is 9.42. The highest BCUT2D eigenvalue weighted by atomic mass is 32.1. The molecule has 0 aromatic heterocycles. The van der Waals surface area contributed by atoms with Gasteiger partial charge in [-0.25, -0.2) is 0 Å². The molecule has 0 aliphatic rings. The van der Waals surface area contributed by atoms with E-state index in [1.54, 1.807) is 0 Å². The molecule has 1 amide bonds. The third-order valence-electron chi connectivity index (χ3n) is 3.33. The number of nitrogens with two attached hydrogens (primary N) is 1. The quantitative estimate of drug-likeness (QED) is 0.411. The van der Waals surface area contributed by atoms with Crippen molar-refractivity contribution in [3.63, 3.8) is 0 Å². The second-order valence-corrected chi connectivity index (χ2v) is 5.60. The van der Waals surface area contributed by atoms with Gasteiger partial charge in [-0.15, -0.1) is 0 Å². The van der Waals surface area contributed by atoms with Crippen LogP contribution < -0.4 is 16.5 Å². The molecule has 0 heterocycles. The number of thiocarbonyl (C=S) groups is 1. The Morgan fingerprint density at radius 2 is 1.62 bits per heavy atom. The molecule has 0 aliphatic carbocycles. The molecule has 0 bridgehead atoms. The molecule has 0 fully saturated rings. The number of benzene rings is 2. The molecule has 24 heavy (non-hydrogen) atoms. The lowest BCUT2D eigenvalue weighted by Crippen LogP contribution is -2.27. The van der Waals surface area contributed by atoms with Gasteiger partial charge in [-0.2, -0.15) is 5.10 Å². The number of nitrogens with one attached hydrogen (secondary N) is 2. The van der Waals surface area contributed by atoms with E-state index in [2.05, 4.69) is 15.8 Å². The maximum Gasteiger partial charge on any atom is 0.220 e. The van der Waals surface area contributed by atoms with Crippen molar-refractivity contribution in [1.29, 1.82) is 0 Å². The molecule has 0 aliphatic heterocycles. The Hall–Kier alpha value is -2.73. The fourth-order valence-corrected chi connectivity index (χ4v) is 2.18. The van der Waals surface area contributed by atoms with Crippen molar-refractivity contribution in [3.05, 3.63) is 71.8 Å². The van der Waals surface area contributed by atoms with E-state index < -0.39 is 0 Å². The first-order valence-corrected chi connectivity index (χ1v) is 8.04. The van der Waals surface area contributed by atoms with Crippen molar-refractivity contribution in [3.8, 4) is 0 Å². The number of hydrogen-bond acceptors (Lipinski definition) is 3. The van der Waals surface area contributed by atoms with Gasteiger partial charge in [0.05, 0.1) is 5.71 Å². The number of hydrogen-bond donors (Lipinski definition) is 3. The number of amides is 1. The zero-order valence-corrected chi connectivity index (χ0v) is 14.1. The summed E-state index contributed by atoms with van der Waals surface area (Å²) in [6.45, 7) is 0.516. The molecule has 0 saturated carbocycles. The minimum atomic E-state index is -0.0298. The summed E-state index contributed by atoms with van der Waals surface area (Å²) in [4.78, 5) is 12.1. The van der Waals surface area contributed by atoms with Crippen LogP contribution in [0.3, 0.4) is 0 Å². The van der Waals surface area contributed by atoms with Crippen LogP contribution in [0.1, 0.15) is 24.0 Å². The molecular formula is C18H20N4OS. The van der Waals surface area contributed by atoms with Crippen LogP contribution in [0.25, 0.3) is 0 Å². The van der Waals surface area contributed by atoms with Crippen LogP contribution in [0, 0.1) is 0 Å². The van der Waals surface area contributed by atoms with Crippen LogP contribution in [0.5, 0.6) is 0 Å². The van der Waals surface area contributed by atoms with E-state index in [-0.39, 0.29) is 11.0 Å². The van der Waals surface area contributed by atoms with Crippen molar-refractivity contribution >= 4 is 28.9 Å². The monoisotopic (exact) mass is 340 g/mol. The minimum Gasteiger partial charge on any atom is -0.375 e. The zero-order chi connectivity index (χ0) is 17.2. The maximum absolute atomic E-state index is 12.1. The summed E-state index contributed by atoms with van der Waals surface area (Å²) in [7, 11) is 0. The number of rotatable bonds is 7. The van der Waals surface area contributed by atoms with E-state index in [0.717, 1.165) is 16.8 Å². The largest absolute Gasteiger partial charge is 0.375 e. The normalized spacial score (nSPS) is 10.9. The van der Waals surface area contributed by atoms with Crippen molar-refractivity contribution in [2.45, 2.75) is 19.4 Å². The minimum absolute atomic E-state index is 0.0298. The van der Waals surface area contributed by atoms with Crippen molar-refractivity contribution < 1.29 is 4.79 Å². The predicted molar refractivity (Wildman–Crippen MR) is 100 cm³/mol. The number of carbonyl (C=O) groups excluding carboxylic acids is 1. The molecule has 2 rings (SSSR count). The van der Waals surface area contributed by atoms with Crippen molar-refractivity contribution in [2.75, 3.05) is 0 Å². The fourth-order valence-electron chi connectivity index (χ4n) is 2.13. The van der Waals surface area contributed by atoms with Gasteiger partial charge < -0.3 is 11.1 Å². The van der Waals surface area contributed by atoms with Gasteiger partial charge in [0.15, 0.2) is 5.11 Å². The summed E-state index contributed by atoms with van der Waals surface area (Å²) in [6, 6.07) is 19.4. The Morgan fingerprint density at radius 3 is 2.25 bits per heavy atom. The van der Waals surface area contributed by atoms with E-state index >= 15 is 0 Å². The SMILES string of the molecule is NC(=S)NN=C(CCC(=O)NCc1ccccc1)c1ccccc1. The van der Waals surface area contributed by atoms with Gasteiger partial charge >= 0.3 is 0 Å². The lowest BCUT2D eigenvalue weighted by atomic mass is 10.1. The van der Waals surface area contributed by atoms with Crippen LogP contribution >= 0.6 is 12.2 Å². The van der Waals surface area contributed by atoms with E-state index in [0.29, 0.717) is 19.4 Å². The van der Waals surface area contributed by atoms with Gasteiger partial charge in [-0.05, 0) is 23.3 Å². The number of hydrazone groups is 1. The summed E-state index contributed by atoms with van der Waals surface area (Å²) in [5.74, 6) is -0.0298. The highest BCUT2D eigenvalue weighted by Crippen LogP contribution is 2.07. The van der Waals surface area contributed by atoms with Gasteiger partial charge in [-0.1, -0.05) is 60.7 Å². The Labute approximate surface area is 147 Å². The molecule has 0 spiro atoms. The molecule has 0 saturated heterocycles. The zero-order valence-electron chi connectivity index (χ0n) is 13.2. The third kappa shape index (κ3) is 6.18. The average molecular weight is 340 g/mol. The van der Waals surface area contributed by atoms with Crippen LogP contribution in [0.15, 0.2) is 65.8 Å². The summed E-state index contributed by atoms with van der Waals surface area (Å²) in [5, 5.41) is 7.20. The van der Waals surface area contributed by atoms with Crippen molar-refractivity contribution in [2.24, 2.45) is 10.8 Å². The summed E-state index contributed by atoms with van der Waals surface area (Å²) < 4.78 is 0. The smallest absolute Gasteiger partial charge is 0.220 e. The highest BCUT2D eigenvalue weighted by molar-refractivity contribution is 7.80. The average Bonchev–Trinajstić information content (AvgIpc) is 2.61. The summed E-state index contributed by atoms with van der Waals surface area (Å²) >= 11 is 4.78. The molecule has 6 heteroatoms. The Morgan fingerprint density at radius 1 is 1.00 bits per heavy atom. The molecule has 0 unspecified atom stereocenters. The Kier molecular flexibility index (Phi) is 6.91. The first-order chi connectivity index (χ1) is 11.6. The van der Waals surface area contributed by atoms with Crippen LogP contribution in [-0.4, -0.2) is 16.7 Å². The van der Waals surface area contributed by atoms with Crippen molar-refractivity contribution in [1.82, 2.24) is 10.7 Å². The Bertz CT molecular complexity index is 701. The maximum atomic E-state index is 12.1. The highest BCUT2D eigenvalue weighted by Gasteiger charge is 2.08. The summed E-state index contributed by atoms with van der Waals surface area (Å²) in [6.07, 6.45) is 0.819. The van der Waals surface area contributed by atoms with E-state index in [9.17, 15) is 4.79 Å². The van der Waals surface area contributed by atoms with Gasteiger partial charge in [0.25, 0.3) is 0 Å². The predicted octanol–water partition coefficient (Wildman–Crippen LogP) is 2.32. The van der Waals surface area contributed by atoms with Gasteiger partial charge in [0.1, 0.15) is 0 Å². The van der Waals surface area contributed by atoms with E-state index in [4.69, 9.17) is 18.0 Å². The third-order valence-corrected chi connectivity index (χ3v) is 3.42. The second-order valence-electron chi connectivity index (χ2n) is 5.16. The first kappa shape index (κ1) is 17.6. The van der Waals surface area contributed by atoms with Crippen LogP contribution in [0.4, 0.5) is 0 Å². The molecular weight excluding hydrogens is 320 g/mol. The topological polar surface area (TPSA) is 79.5 Å². The van der Waals surface area contributed by atoms with Gasteiger partial charge in [0, 0.05) is 19.4 Å². The van der Waals surface area contributed by atoms with E-state index in [1.807, 2.05) is 60.7 Å². The molecule has 4 N–H and O–H groups in total. The Balaban J connectivity index is 1.91. The van der Waals surface area contributed by atoms with Gasteiger partial charge in [0.2, 0.25) is 5.91 Å². The number of carbonyl (C=O) groups is 1. The van der Waals surface area contributed by atoms with Crippen LogP contribution in [0.2, 0.25) is 0 Å². The molecule has 2 aromatic carbocycles. The molecule has 0 atom stereocenters. The molecule has 2 aromatic rings. The number of nitrogens with zero attached hydrogens (tertiary/aromatic N) is 1. The summed E-state index contributed by atoms with van der Waals surface area (Å²) in [5.41, 5.74) is 10.7. The molecule has 5 nitrogen and oxygen atoms in total. The lowest BCUT2D eigenvalue weighted by Gasteiger charge is -2.08. The standard InChI is InChI=1S/C18H20N4OS/c19-18(24)22-21-16(15-9-5-2-6-10-15)11-12-17(23)20-13-14-7-3-1-4-8-14/h1-10H,11-13H2,(H,20,23)(H3,19,22,24). The molecule has 124 valence electrons. The fraction of sp³-hybridized carbons (Fsp3) is 0.167.